The third-order valence-electron chi connectivity index (χ3n) is 3.71. The van der Waals surface area contributed by atoms with Crippen molar-refractivity contribution in [2.24, 2.45) is 0 Å². The van der Waals surface area contributed by atoms with Crippen LogP contribution < -0.4 is 0 Å². The molecule has 0 amide bonds. The third kappa shape index (κ3) is 2.79. The first kappa shape index (κ1) is 14.9. The van der Waals surface area contributed by atoms with Crippen LogP contribution in [-0.2, 0) is 0 Å². The number of nitrogens with zero attached hydrogens (tertiary/aromatic N) is 2. The van der Waals surface area contributed by atoms with Crippen LogP contribution in [0.1, 0.15) is 28.4 Å². The first-order chi connectivity index (χ1) is 10.6. The van der Waals surface area contributed by atoms with Crippen LogP contribution in [0.25, 0.3) is 5.52 Å². The summed E-state index contributed by atoms with van der Waals surface area (Å²) >= 11 is 1.50. The number of rotatable bonds is 4. The standard InChI is InChI=1S/C18H18N2OS/c1-12-7-8-13(2)16(10-12)17(21)14(3)22-18-19-11-15-6-4-5-9-20(15)18/h4-11,14H,1-3H3. The van der Waals surface area contributed by atoms with Gasteiger partial charge in [-0.2, -0.15) is 0 Å². The topological polar surface area (TPSA) is 34.4 Å². The molecule has 0 saturated carbocycles. The van der Waals surface area contributed by atoms with Crippen LogP contribution in [0.15, 0.2) is 53.9 Å². The van der Waals surface area contributed by atoms with Gasteiger partial charge in [0, 0.05) is 11.8 Å². The number of fused-ring (bicyclic) bond motifs is 1. The number of aryl methyl sites for hydroxylation is 2. The van der Waals surface area contributed by atoms with E-state index in [1.807, 2.05) is 74.0 Å². The van der Waals surface area contributed by atoms with Gasteiger partial charge in [0.05, 0.1) is 17.0 Å². The molecule has 2 aromatic heterocycles. The number of benzene rings is 1. The van der Waals surface area contributed by atoms with Crippen LogP contribution in [-0.4, -0.2) is 20.4 Å². The lowest BCUT2D eigenvalue weighted by Crippen LogP contribution is -2.15. The summed E-state index contributed by atoms with van der Waals surface area (Å²) in [5, 5.41) is 0.674. The second-order valence-electron chi connectivity index (χ2n) is 5.48. The molecule has 3 aromatic rings. The van der Waals surface area contributed by atoms with E-state index >= 15 is 0 Å². The number of hydrogen-bond donors (Lipinski definition) is 0. The number of aromatic nitrogens is 2. The fraction of sp³-hybridized carbons (Fsp3) is 0.222. The molecule has 3 nitrogen and oxygen atoms in total. The van der Waals surface area contributed by atoms with Crippen LogP contribution in [0.3, 0.4) is 0 Å². The van der Waals surface area contributed by atoms with E-state index in [1.165, 1.54) is 11.8 Å². The molecule has 0 radical (unpaired) electrons. The molecular weight excluding hydrogens is 292 g/mol. The Kier molecular flexibility index (Phi) is 4.03. The number of carbonyl (C=O) groups excluding carboxylic acids is 1. The number of carbonyl (C=O) groups is 1. The Bertz CT molecular complexity index is 838. The molecule has 0 aliphatic carbocycles. The van der Waals surface area contributed by atoms with Crippen molar-refractivity contribution in [2.45, 2.75) is 31.2 Å². The van der Waals surface area contributed by atoms with Gasteiger partial charge in [0.15, 0.2) is 10.9 Å². The maximum Gasteiger partial charge on any atom is 0.176 e. The van der Waals surface area contributed by atoms with E-state index in [0.717, 1.165) is 27.4 Å². The number of pyridine rings is 1. The van der Waals surface area contributed by atoms with Gasteiger partial charge in [-0.05, 0) is 44.5 Å². The molecule has 112 valence electrons. The fourth-order valence-electron chi connectivity index (χ4n) is 2.44. The van der Waals surface area contributed by atoms with Crippen molar-refractivity contribution in [1.29, 1.82) is 0 Å². The molecule has 0 N–H and O–H groups in total. The van der Waals surface area contributed by atoms with Crippen LogP contribution >= 0.6 is 11.8 Å². The Morgan fingerprint density at radius 1 is 1.23 bits per heavy atom. The Balaban J connectivity index is 1.86. The summed E-state index contributed by atoms with van der Waals surface area (Å²) in [6, 6.07) is 12.0. The average Bonchev–Trinajstić information content (AvgIpc) is 2.92. The maximum atomic E-state index is 12.7. The Hall–Kier alpha value is -2.07. The predicted octanol–water partition coefficient (Wildman–Crippen LogP) is 4.31. The van der Waals surface area contributed by atoms with Gasteiger partial charge in [0.25, 0.3) is 0 Å². The molecule has 0 spiro atoms. The first-order valence-electron chi connectivity index (χ1n) is 7.26. The lowest BCUT2D eigenvalue weighted by molar-refractivity contribution is 0.0993. The molecule has 22 heavy (non-hydrogen) atoms. The van der Waals surface area contributed by atoms with E-state index in [2.05, 4.69) is 4.98 Å². The lowest BCUT2D eigenvalue weighted by Gasteiger charge is -2.12. The second-order valence-corrected chi connectivity index (χ2v) is 6.79. The molecular formula is C18H18N2OS. The number of hydrogen-bond acceptors (Lipinski definition) is 3. The lowest BCUT2D eigenvalue weighted by atomic mass is 10.0. The minimum atomic E-state index is -0.175. The van der Waals surface area contributed by atoms with Gasteiger partial charge in [0.2, 0.25) is 0 Å². The molecule has 0 aliphatic heterocycles. The van der Waals surface area contributed by atoms with Gasteiger partial charge in [-0.3, -0.25) is 9.20 Å². The Morgan fingerprint density at radius 2 is 2.05 bits per heavy atom. The van der Waals surface area contributed by atoms with E-state index in [-0.39, 0.29) is 11.0 Å². The normalized spacial score (nSPS) is 12.5. The molecule has 1 aromatic carbocycles. The van der Waals surface area contributed by atoms with Crippen molar-refractivity contribution in [3.05, 3.63) is 65.5 Å². The average molecular weight is 310 g/mol. The van der Waals surface area contributed by atoms with Crippen molar-refractivity contribution in [1.82, 2.24) is 9.38 Å². The van der Waals surface area contributed by atoms with Crippen LogP contribution in [0.5, 0.6) is 0 Å². The van der Waals surface area contributed by atoms with E-state index in [4.69, 9.17) is 0 Å². The minimum Gasteiger partial charge on any atom is -0.295 e. The SMILES string of the molecule is Cc1ccc(C)c(C(=O)C(C)Sc2ncc3ccccn23)c1. The second kappa shape index (κ2) is 5.97. The van der Waals surface area contributed by atoms with E-state index in [1.54, 1.807) is 0 Å². The molecule has 0 fully saturated rings. The molecule has 4 heteroatoms. The number of thioether (sulfide) groups is 1. The van der Waals surface area contributed by atoms with Gasteiger partial charge < -0.3 is 0 Å². The van der Waals surface area contributed by atoms with Gasteiger partial charge >= 0.3 is 0 Å². The number of ketones is 1. The maximum absolute atomic E-state index is 12.7. The summed E-state index contributed by atoms with van der Waals surface area (Å²) < 4.78 is 2.01. The summed E-state index contributed by atoms with van der Waals surface area (Å²) in [5.41, 5.74) is 3.98. The van der Waals surface area contributed by atoms with Crippen molar-refractivity contribution < 1.29 is 4.79 Å². The molecule has 0 saturated heterocycles. The highest BCUT2D eigenvalue weighted by Gasteiger charge is 2.20. The highest BCUT2D eigenvalue weighted by molar-refractivity contribution is 8.00. The monoisotopic (exact) mass is 310 g/mol. The van der Waals surface area contributed by atoms with Crippen molar-refractivity contribution >= 4 is 23.1 Å². The van der Waals surface area contributed by atoms with Gasteiger partial charge in [-0.25, -0.2) is 4.98 Å². The zero-order valence-electron chi connectivity index (χ0n) is 12.9. The largest absolute Gasteiger partial charge is 0.295 e. The zero-order valence-corrected chi connectivity index (χ0v) is 13.7. The molecule has 2 heterocycles. The summed E-state index contributed by atoms with van der Waals surface area (Å²) in [4.78, 5) is 17.1. The summed E-state index contributed by atoms with van der Waals surface area (Å²) in [6.45, 7) is 5.93. The van der Waals surface area contributed by atoms with E-state index in [0.29, 0.717) is 0 Å². The predicted molar refractivity (Wildman–Crippen MR) is 90.8 cm³/mol. The summed E-state index contributed by atoms with van der Waals surface area (Å²) in [7, 11) is 0. The summed E-state index contributed by atoms with van der Waals surface area (Å²) in [5.74, 6) is 0.152. The highest BCUT2D eigenvalue weighted by Crippen LogP contribution is 2.26. The third-order valence-corrected chi connectivity index (χ3v) is 4.80. The first-order valence-corrected chi connectivity index (χ1v) is 8.14. The Labute approximate surface area is 134 Å². The molecule has 0 aliphatic rings. The highest BCUT2D eigenvalue weighted by atomic mass is 32.2. The minimum absolute atomic E-state index is 0.152. The molecule has 0 bridgehead atoms. The Morgan fingerprint density at radius 3 is 2.86 bits per heavy atom. The van der Waals surface area contributed by atoms with Crippen LogP contribution in [0.4, 0.5) is 0 Å². The van der Waals surface area contributed by atoms with E-state index in [9.17, 15) is 4.79 Å². The van der Waals surface area contributed by atoms with Gasteiger partial charge in [-0.15, -0.1) is 0 Å². The number of imidazole rings is 1. The molecule has 1 atom stereocenters. The number of Topliss-reactive ketones (excluding diaryl/α,β-unsaturated/α-hetero) is 1. The van der Waals surface area contributed by atoms with Crippen LogP contribution in [0, 0.1) is 13.8 Å². The van der Waals surface area contributed by atoms with Gasteiger partial charge in [-0.1, -0.05) is 35.5 Å². The summed E-state index contributed by atoms with van der Waals surface area (Å²) in [6.07, 6.45) is 3.80. The van der Waals surface area contributed by atoms with E-state index < -0.39 is 0 Å². The van der Waals surface area contributed by atoms with Crippen molar-refractivity contribution in [3.63, 3.8) is 0 Å². The fourth-order valence-corrected chi connectivity index (χ4v) is 3.38. The van der Waals surface area contributed by atoms with Gasteiger partial charge in [0.1, 0.15) is 0 Å². The van der Waals surface area contributed by atoms with Crippen LogP contribution in [0.2, 0.25) is 0 Å². The zero-order chi connectivity index (χ0) is 15.7. The molecule has 3 rings (SSSR count). The van der Waals surface area contributed by atoms with Crippen molar-refractivity contribution in [3.8, 4) is 0 Å². The quantitative estimate of drug-likeness (QED) is 0.532. The smallest absolute Gasteiger partial charge is 0.176 e. The molecule has 1 unspecified atom stereocenters. The van der Waals surface area contributed by atoms with Crippen molar-refractivity contribution in [2.75, 3.05) is 0 Å².